The van der Waals surface area contributed by atoms with Crippen LogP contribution in [0.4, 0.5) is 4.79 Å². The van der Waals surface area contributed by atoms with Crippen LogP contribution < -0.4 is 4.74 Å². The first-order chi connectivity index (χ1) is 13.1. The molecule has 2 aromatic carbocycles. The van der Waals surface area contributed by atoms with E-state index in [1.807, 2.05) is 48.5 Å². The summed E-state index contributed by atoms with van der Waals surface area (Å²) in [5.74, 6) is 0.548. The van der Waals surface area contributed by atoms with Crippen LogP contribution in [0.3, 0.4) is 0 Å². The minimum Gasteiger partial charge on any atom is -0.494 e. The SMILES string of the molecule is CCCCOc1ccc(/C=C2\SC(=O)N(Cc3ccccc3Br)C2=O)cc1. The van der Waals surface area contributed by atoms with Crippen LogP contribution in [0.2, 0.25) is 0 Å². The van der Waals surface area contributed by atoms with Gasteiger partial charge in [-0.15, -0.1) is 0 Å². The van der Waals surface area contributed by atoms with Crippen molar-refractivity contribution in [1.82, 2.24) is 4.90 Å². The molecule has 0 aromatic heterocycles. The van der Waals surface area contributed by atoms with Crippen LogP contribution in [0.25, 0.3) is 6.08 Å². The van der Waals surface area contributed by atoms with E-state index in [0.29, 0.717) is 11.5 Å². The van der Waals surface area contributed by atoms with Gasteiger partial charge in [-0.2, -0.15) is 0 Å². The van der Waals surface area contributed by atoms with Crippen molar-refractivity contribution in [2.45, 2.75) is 26.3 Å². The molecule has 3 rings (SSSR count). The van der Waals surface area contributed by atoms with Gasteiger partial charge in [0, 0.05) is 4.47 Å². The first-order valence-electron chi connectivity index (χ1n) is 8.80. The van der Waals surface area contributed by atoms with E-state index in [0.717, 1.165) is 46.0 Å². The van der Waals surface area contributed by atoms with Crippen molar-refractivity contribution in [3.05, 3.63) is 69.0 Å². The van der Waals surface area contributed by atoms with Gasteiger partial charge in [0.2, 0.25) is 0 Å². The van der Waals surface area contributed by atoms with E-state index in [2.05, 4.69) is 22.9 Å². The summed E-state index contributed by atoms with van der Waals surface area (Å²) < 4.78 is 6.53. The molecular weight excluding hydrogens is 426 g/mol. The van der Waals surface area contributed by atoms with Gasteiger partial charge >= 0.3 is 0 Å². The zero-order valence-electron chi connectivity index (χ0n) is 15.0. The number of unbranched alkanes of at least 4 members (excludes halogenated alkanes) is 1. The molecule has 1 saturated heterocycles. The molecule has 0 radical (unpaired) electrons. The quantitative estimate of drug-likeness (QED) is 0.395. The molecule has 0 saturated carbocycles. The standard InChI is InChI=1S/C21H20BrNO3S/c1-2-3-12-26-17-10-8-15(9-11-17)13-19-20(24)23(21(25)27-19)14-16-6-4-5-7-18(16)22/h4-11,13H,2-3,12,14H2,1H3/b19-13-. The number of halogens is 1. The smallest absolute Gasteiger partial charge is 0.293 e. The third-order valence-corrected chi connectivity index (χ3v) is 5.79. The Morgan fingerprint density at radius 1 is 1.11 bits per heavy atom. The van der Waals surface area contributed by atoms with Gasteiger partial charge in [0.15, 0.2) is 0 Å². The first kappa shape index (κ1) is 19.7. The number of rotatable bonds is 7. The maximum Gasteiger partial charge on any atom is 0.293 e. The fraction of sp³-hybridized carbons (Fsp3) is 0.238. The zero-order chi connectivity index (χ0) is 19.2. The highest BCUT2D eigenvalue weighted by atomic mass is 79.9. The lowest BCUT2D eigenvalue weighted by Gasteiger charge is -2.13. The van der Waals surface area contributed by atoms with Gasteiger partial charge in [0.25, 0.3) is 11.1 Å². The van der Waals surface area contributed by atoms with Crippen LogP contribution >= 0.6 is 27.7 Å². The summed E-state index contributed by atoms with van der Waals surface area (Å²) in [4.78, 5) is 26.7. The van der Waals surface area contributed by atoms with Crippen LogP contribution in [0.1, 0.15) is 30.9 Å². The molecule has 4 nitrogen and oxygen atoms in total. The van der Waals surface area contributed by atoms with Crippen molar-refractivity contribution in [3.8, 4) is 5.75 Å². The minimum absolute atomic E-state index is 0.249. The number of hydrogen-bond acceptors (Lipinski definition) is 4. The topological polar surface area (TPSA) is 46.6 Å². The average molecular weight is 446 g/mol. The Labute approximate surface area is 171 Å². The van der Waals surface area contributed by atoms with Crippen molar-refractivity contribution in [1.29, 1.82) is 0 Å². The van der Waals surface area contributed by atoms with Crippen molar-refractivity contribution in [3.63, 3.8) is 0 Å². The third-order valence-electron chi connectivity index (χ3n) is 4.10. The second-order valence-electron chi connectivity index (χ2n) is 6.13. The van der Waals surface area contributed by atoms with Crippen LogP contribution in [0, 0.1) is 0 Å². The molecule has 1 heterocycles. The molecule has 0 N–H and O–H groups in total. The van der Waals surface area contributed by atoms with Crippen LogP contribution in [0.15, 0.2) is 57.9 Å². The van der Waals surface area contributed by atoms with Crippen molar-refractivity contribution < 1.29 is 14.3 Å². The Bertz CT molecular complexity index is 864. The van der Waals surface area contributed by atoms with Gasteiger partial charge in [0.1, 0.15) is 5.75 Å². The number of benzene rings is 2. The van der Waals surface area contributed by atoms with Gasteiger partial charge in [-0.3, -0.25) is 14.5 Å². The van der Waals surface area contributed by atoms with Gasteiger partial charge in [-0.05, 0) is 53.6 Å². The maximum absolute atomic E-state index is 12.7. The van der Waals surface area contributed by atoms with Crippen molar-refractivity contribution in [2.24, 2.45) is 0 Å². The predicted octanol–water partition coefficient (Wildman–Crippen LogP) is 5.86. The number of nitrogens with zero attached hydrogens (tertiary/aromatic N) is 1. The van der Waals surface area contributed by atoms with E-state index in [9.17, 15) is 9.59 Å². The molecule has 6 heteroatoms. The molecule has 1 fully saturated rings. The molecule has 0 aliphatic carbocycles. The second kappa shape index (κ2) is 9.24. The number of amides is 2. The van der Waals surface area contributed by atoms with E-state index in [-0.39, 0.29) is 17.7 Å². The number of thioether (sulfide) groups is 1. The Hall–Kier alpha value is -2.05. The monoisotopic (exact) mass is 445 g/mol. The predicted molar refractivity (Wildman–Crippen MR) is 113 cm³/mol. The Morgan fingerprint density at radius 2 is 1.85 bits per heavy atom. The highest BCUT2D eigenvalue weighted by Gasteiger charge is 2.35. The van der Waals surface area contributed by atoms with E-state index < -0.39 is 0 Å². The van der Waals surface area contributed by atoms with Crippen LogP contribution in [-0.2, 0) is 11.3 Å². The first-order valence-corrected chi connectivity index (χ1v) is 10.4. The molecule has 27 heavy (non-hydrogen) atoms. The molecule has 0 bridgehead atoms. The van der Waals surface area contributed by atoms with Crippen molar-refractivity contribution in [2.75, 3.05) is 6.61 Å². The molecule has 2 aromatic rings. The number of carbonyl (C=O) groups is 2. The van der Waals surface area contributed by atoms with Crippen molar-refractivity contribution >= 4 is 44.9 Å². The van der Waals surface area contributed by atoms with Gasteiger partial charge in [0.05, 0.1) is 18.1 Å². The van der Waals surface area contributed by atoms with Crippen LogP contribution in [-0.4, -0.2) is 22.7 Å². The molecule has 2 amide bonds. The average Bonchev–Trinajstić information content (AvgIpc) is 2.92. The largest absolute Gasteiger partial charge is 0.494 e. The van der Waals surface area contributed by atoms with Gasteiger partial charge < -0.3 is 4.74 Å². The number of imide groups is 1. The molecule has 0 atom stereocenters. The Morgan fingerprint density at radius 3 is 2.56 bits per heavy atom. The summed E-state index contributed by atoms with van der Waals surface area (Å²) >= 11 is 4.43. The van der Waals surface area contributed by atoms with E-state index >= 15 is 0 Å². The number of ether oxygens (including phenoxy) is 1. The lowest BCUT2D eigenvalue weighted by atomic mass is 10.2. The number of carbonyl (C=O) groups excluding carboxylic acids is 2. The fourth-order valence-electron chi connectivity index (χ4n) is 2.58. The zero-order valence-corrected chi connectivity index (χ0v) is 17.4. The highest BCUT2D eigenvalue weighted by molar-refractivity contribution is 9.10. The van der Waals surface area contributed by atoms with E-state index in [1.54, 1.807) is 6.08 Å². The number of hydrogen-bond donors (Lipinski definition) is 0. The summed E-state index contributed by atoms with van der Waals surface area (Å²) in [6.07, 6.45) is 3.86. The molecule has 0 spiro atoms. The minimum atomic E-state index is -0.260. The fourth-order valence-corrected chi connectivity index (χ4v) is 3.83. The molecule has 140 valence electrons. The summed E-state index contributed by atoms with van der Waals surface area (Å²) in [5, 5.41) is -0.249. The lowest BCUT2D eigenvalue weighted by Crippen LogP contribution is -2.27. The van der Waals surface area contributed by atoms with Gasteiger partial charge in [-0.25, -0.2) is 0 Å². The van der Waals surface area contributed by atoms with E-state index in [4.69, 9.17) is 4.74 Å². The Balaban J connectivity index is 1.69. The second-order valence-corrected chi connectivity index (χ2v) is 7.98. The highest BCUT2D eigenvalue weighted by Crippen LogP contribution is 2.34. The maximum atomic E-state index is 12.7. The summed E-state index contributed by atoms with van der Waals surface area (Å²) in [5.41, 5.74) is 1.76. The summed E-state index contributed by atoms with van der Waals surface area (Å²) in [6.45, 7) is 3.08. The van der Waals surface area contributed by atoms with Crippen LogP contribution in [0.5, 0.6) is 5.75 Å². The molecule has 0 unspecified atom stereocenters. The Kier molecular flexibility index (Phi) is 6.74. The van der Waals surface area contributed by atoms with Gasteiger partial charge in [-0.1, -0.05) is 59.6 Å². The molecule has 1 aliphatic rings. The third kappa shape index (κ3) is 5.02. The normalized spacial score (nSPS) is 15.6. The van der Waals surface area contributed by atoms with E-state index in [1.165, 1.54) is 4.90 Å². The molecule has 1 aliphatic heterocycles. The summed E-state index contributed by atoms with van der Waals surface area (Å²) in [7, 11) is 0. The summed E-state index contributed by atoms with van der Waals surface area (Å²) in [6, 6.07) is 15.1. The molecular formula is C21H20BrNO3S. The lowest BCUT2D eigenvalue weighted by molar-refractivity contribution is -0.123.